The molecule has 0 saturated carbocycles. The molecule has 0 bridgehead atoms. The van der Waals surface area contributed by atoms with E-state index in [0.717, 1.165) is 23.2 Å². The Morgan fingerprint density at radius 1 is 0.500 bits per heavy atom. The van der Waals surface area contributed by atoms with E-state index >= 15 is 0 Å². The summed E-state index contributed by atoms with van der Waals surface area (Å²) in [6, 6.07) is 63.1. The number of benzene rings is 9. The highest BCUT2D eigenvalue weighted by Gasteiger charge is 2.21. The number of rotatable bonds is 7. The molecule has 0 amide bonds. The Labute approximate surface area is 292 Å². The van der Waals surface area contributed by atoms with Crippen LogP contribution in [0.5, 0.6) is 0 Å². The lowest BCUT2D eigenvalue weighted by molar-refractivity contribution is 0.666. The van der Waals surface area contributed by atoms with Crippen LogP contribution >= 0.6 is 0 Å². The monoisotopic (exact) mass is 640 g/mol. The Morgan fingerprint density at radius 2 is 1.08 bits per heavy atom. The largest absolute Gasteiger partial charge is 0.366 e. The maximum Gasteiger partial charge on any atom is 0.101 e. The number of allylic oxidation sites excluding steroid dienone is 1. The average Bonchev–Trinajstić information content (AvgIpc) is 3.19. The van der Waals surface area contributed by atoms with Crippen LogP contribution < -0.4 is 11.1 Å². The van der Waals surface area contributed by atoms with Crippen LogP contribution in [0.25, 0.3) is 70.7 Å². The summed E-state index contributed by atoms with van der Waals surface area (Å²) in [6.45, 7) is 0. The molecule has 9 aromatic carbocycles. The SMILES string of the molecule is NC(N/C(=C\Cc1cc2ccccc2c2ccccc12)c1c2ccccc2c(-c2ccccc2)c2c1ccc1ccccc12)c1ccccc1. The summed E-state index contributed by atoms with van der Waals surface area (Å²) < 4.78 is 0. The zero-order valence-electron chi connectivity index (χ0n) is 27.7. The molecular formula is C48H36N2. The van der Waals surface area contributed by atoms with Crippen LogP contribution in [-0.4, -0.2) is 0 Å². The summed E-state index contributed by atoms with van der Waals surface area (Å²) in [6.07, 6.45) is 2.69. The molecule has 0 fully saturated rings. The molecule has 0 heterocycles. The van der Waals surface area contributed by atoms with E-state index in [9.17, 15) is 0 Å². The van der Waals surface area contributed by atoms with Gasteiger partial charge in [0.1, 0.15) is 6.17 Å². The summed E-state index contributed by atoms with van der Waals surface area (Å²) in [5, 5.41) is 16.2. The van der Waals surface area contributed by atoms with Crippen LogP contribution in [0.4, 0.5) is 0 Å². The van der Waals surface area contributed by atoms with Crippen LogP contribution in [0.1, 0.15) is 22.9 Å². The Bertz CT molecular complexity index is 2710. The van der Waals surface area contributed by atoms with E-state index in [1.807, 2.05) is 18.2 Å². The third-order valence-corrected chi connectivity index (χ3v) is 10.1. The minimum atomic E-state index is -0.404. The van der Waals surface area contributed by atoms with Crippen LogP contribution in [0.15, 0.2) is 182 Å². The predicted molar refractivity (Wildman–Crippen MR) is 214 cm³/mol. The molecule has 0 aliphatic heterocycles. The normalized spacial score (nSPS) is 12.6. The Hall–Kier alpha value is -6.22. The second kappa shape index (κ2) is 12.7. The molecular weight excluding hydrogens is 605 g/mol. The molecule has 238 valence electrons. The molecule has 0 aromatic heterocycles. The molecule has 0 aliphatic carbocycles. The number of hydrogen-bond donors (Lipinski definition) is 2. The third kappa shape index (κ3) is 5.18. The lowest BCUT2D eigenvalue weighted by Gasteiger charge is -2.24. The van der Waals surface area contributed by atoms with Crippen LogP contribution in [0.3, 0.4) is 0 Å². The van der Waals surface area contributed by atoms with E-state index in [1.165, 1.54) is 70.6 Å². The second-order valence-corrected chi connectivity index (χ2v) is 13.0. The van der Waals surface area contributed by atoms with Crippen molar-refractivity contribution in [3.05, 3.63) is 199 Å². The van der Waals surface area contributed by atoms with Gasteiger partial charge in [0, 0.05) is 11.3 Å². The first-order valence-electron chi connectivity index (χ1n) is 17.3. The van der Waals surface area contributed by atoms with E-state index in [-0.39, 0.29) is 0 Å². The van der Waals surface area contributed by atoms with E-state index in [2.05, 4.69) is 169 Å². The Kier molecular flexibility index (Phi) is 7.57. The zero-order valence-corrected chi connectivity index (χ0v) is 27.7. The molecule has 9 rings (SSSR count). The van der Waals surface area contributed by atoms with Gasteiger partial charge in [0.2, 0.25) is 0 Å². The van der Waals surface area contributed by atoms with Gasteiger partial charge >= 0.3 is 0 Å². The van der Waals surface area contributed by atoms with E-state index < -0.39 is 6.17 Å². The number of nitrogens with two attached hydrogens (primary N) is 1. The van der Waals surface area contributed by atoms with Gasteiger partial charge in [0.25, 0.3) is 0 Å². The molecule has 0 aliphatic rings. The Morgan fingerprint density at radius 3 is 1.84 bits per heavy atom. The topological polar surface area (TPSA) is 38.0 Å². The van der Waals surface area contributed by atoms with Gasteiger partial charge in [0.15, 0.2) is 0 Å². The molecule has 2 nitrogen and oxygen atoms in total. The lowest BCUT2D eigenvalue weighted by Crippen LogP contribution is -2.27. The van der Waals surface area contributed by atoms with Crippen molar-refractivity contribution in [1.82, 2.24) is 5.32 Å². The van der Waals surface area contributed by atoms with Crippen molar-refractivity contribution < 1.29 is 0 Å². The van der Waals surface area contributed by atoms with Crippen molar-refractivity contribution in [2.75, 3.05) is 0 Å². The maximum atomic E-state index is 7.01. The molecule has 1 unspecified atom stereocenters. The molecule has 0 radical (unpaired) electrons. The first kappa shape index (κ1) is 29.9. The highest BCUT2D eigenvalue weighted by atomic mass is 15.0. The van der Waals surface area contributed by atoms with Crippen LogP contribution in [0, 0.1) is 0 Å². The fourth-order valence-electron chi connectivity index (χ4n) is 7.80. The molecule has 1 atom stereocenters. The molecule has 9 aromatic rings. The van der Waals surface area contributed by atoms with E-state index in [0.29, 0.717) is 0 Å². The number of hydrogen-bond acceptors (Lipinski definition) is 2. The van der Waals surface area contributed by atoms with Crippen molar-refractivity contribution in [2.45, 2.75) is 12.6 Å². The first-order chi connectivity index (χ1) is 24.7. The molecule has 0 spiro atoms. The quantitative estimate of drug-likeness (QED) is 0.103. The molecule has 50 heavy (non-hydrogen) atoms. The van der Waals surface area contributed by atoms with Crippen molar-refractivity contribution in [3.63, 3.8) is 0 Å². The smallest absolute Gasteiger partial charge is 0.101 e. The van der Waals surface area contributed by atoms with Crippen molar-refractivity contribution in [1.29, 1.82) is 0 Å². The highest BCUT2D eigenvalue weighted by Crippen LogP contribution is 2.44. The maximum absolute atomic E-state index is 7.01. The Balaban J connectivity index is 1.34. The standard InChI is InChI=1S/C48H36N2/c49-48(34-18-5-2-6-19-34)50-44(30-28-36-31-35-20-8-9-21-37(35)40-24-12-11-22-38(36)40)46-42-26-14-13-25-41(42)45(33-16-3-1-4-17-33)47-39-23-10-7-15-32(39)27-29-43(46)47/h1-27,29-31,48,50H,28,49H2/b44-30-. The van der Waals surface area contributed by atoms with Crippen molar-refractivity contribution in [3.8, 4) is 11.1 Å². The number of nitrogens with one attached hydrogen (secondary N) is 1. The van der Waals surface area contributed by atoms with Gasteiger partial charge in [-0.1, -0.05) is 182 Å². The van der Waals surface area contributed by atoms with Gasteiger partial charge in [-0.3, -0.25) is 0 Å². The van der Waals surface area contributed by atoms with Crippen LogP contribution in [-0.2, 0) is 6.42 Å². The predicted octanol–water partition coefficient (Wildman–Crippen LogP) is 12.0. The average molecular weight is 641 g/mol. The summed E-state index contributed by atoms with van der Waals surface area (Å²) in [5.41, 5.74) is 14.0. The van der Waals surface area contributed by atoms with Gasteiger partial charge in [-0.25, -0.2) is 0 Å². The molecule has 3 N–H and O–H groups in total. The van der Waals surface area contributed by atoms with Gasteiger partial charge in [0.05, 0.1) is 0 Å². The summed E-state index contributed by atoms with van der Waals surface area (Å²) in [4.78, 5) is 0. The minimum absolute atomic E-state index is 0.404. The number of fused-ring (bicyclic) bond motifs is 7. The first-order valence-corrected chi connectivity index (χ1v) is 17.3. The van der Waals surface area contributed by atoms with Crippen molar-refractivity contribution >= 4 is 59.6 Å². The van der Waals surface area contributed by atoms with Crippen LogP contribution in [0.2, 0.25) is 0 Å². The minimum Gasteiger partial charge on any atom is -0.366 e. The zero-order chi connectivity index (χ0) is 33.4. The summed E-state index contributed by atoms with van der Waals surface area (Å²) in [7, 11) is 0. The summed E-state index contributed by atoms with van der Waals surface area (Å²) >= 11 is 0. The second-order valence-electron chi connectivity index (χ2n) is 13.0. The van der Waals surface area contributed by atoms with Gasteiger partial charge < -0.3 is 11.1 Å². The molecule has 2 heteroatoms. The van der Waals surface area contributed by atoms with E-state index in [4.69, 9.17) is 5.73 Å². The summed E-state index contributed by atoms with van der Waals surface area (Å²) in [5.74, 6) is 0. The molecule has 0 saturated heterocycles. The highest BCUT2D eigenvalue weighted by molar-refractivity contribution is 6.25. The van der Waals surface area contributed by atoms with E-state index in [1.54, 1.807) is 0 Å². The lowest BCUT2D eigenvalue weighted by atomic mass is 9.84. The van der Waals surface area contributed by atoms with Gasteiger partial charge in [-0.05, 0) is 82.5 Å². The fraction of sp³-hybridized carbons (Fsp3) is 0.0417. The fourth-order valence-corrected chi connectivity index (χ4v) is 7.80. The van der Waals surface area contributed by atoms with Crippen molar-refractivity contribution in [2.24, 2.45) is 5.73 Å². The van der Waals surface area contributed by atoms with Gasteiger partial charge in [-0.2, -0.15) is 0 Å². The third-order valence-electron chi connectivity index (χ3n) is 10.1. The van der Waals surface area contributed by atoms with Gasteiger partial charge in [-0.15, -0.1) is 0 Å².